The predicted octanol–water partition coefficient (Wildman–Crippen LogP) is 3.35. The molecule has 3 rings (SSSR count). The van der Waals surface area contributed by atoms with Gasteiger partial charge in [-0.15, -0.1) is 0 Å². The van der Waals surface area contributed by atoms with Gasteiger partial charge in [0.2, 0.25) is 0 Å². The first-order valence-electron chi connectivity index (χ1n) is 7.38. The molecule has 3 unspecified atom stereocenters. The summed E-state index contributed by atoms with van der Waals surface area (Å²) in [6.45, 7) is 2.25. The second-order valence-electron chi connectivity index (χ2n) is 5.78. The summed E-state index contributed by atoms with van der Waals surface area (Å²) in [6.07, 6.45) is 2.05. The standard InChI is InChI=1S/C18H22N2/c1-13(11-14-7-3-2-4-8-14)20-18-12-17(19)15-9-5-6-10-16(15)18/h2-10,13,17-18,20H,11-12,19H2,1H3. The van der Waals surface area contributed by atoms with Crippen LogP contribution in [0, 0.1) is 0 Å². The van der Waals surface area contributed by atoms with Crippen LogP contribution in [0.4, 0.5) is 0 Å². The highest BCUT2D eigenvalue weighted by Gasteiger charge is 2.28. The van der Waals surface area contributed by atoms with Gasteiger partial charge in [-0.05, 0) is 36.5 Å². The van der Waals surface area contributed by atoms with Crippen molar-refractivity contribution in [3.05, 3.63) is 71.3 Å². The quantitative estimate of drug-likeness (QED) is 0.890. The van der Waals surface area contributed by atoms with Crippen molar-refractivity contribution in [1.82, 2.24) is 5.32 Å². The molecule has 0 heterocycles. The van der Waals surface area contributed by atoms with Crippen molar-refractivity contribution in [3.8, 4) is 0 Å². The first-order valence-corrected chi connectivity index (χ1v) is 7.38. The minimum atomic E-state index is 0.174. The van der Waals surface area contributed by atoms with Crippen molar-refractivity contribution in [2.45, 2.75) is 37.9 Å². The smallest absolute Gasteiger partial charge is 0.0344 e. The Bertz CT molecular complexity index is 565. The molecule has 0 bridgehead atoms. The summed E-state index contributed by atoms with van der Waals surface area (Å²) in [5.74, 6) is 0. The Labute approximate surface area is 121 Å². The SMILES string of the molecule is CC(Cc1ccccc1)NC1CC(N)c2ccccc21. The zero-order valence-electron chi connectivity index (χ0n) is 11.9. The van der Waals surface area contributed by atoms with E-state index in [-0.39, 0.29) is 6.04 Å². The Morgan fingerprint density at radius 3 is 2.45 bits per heavy atom. The molecule has 3 atom stereocenters. The van der Waals surface area contributed by atoms with Gasteiger partial charge >= 0.3 is 0 Å². The van der Waals surface area contributed by atoms with Gasteiger partial charge in [-0.2, -0.15) is 0 Å². The third-order valence-corrected chi connectivity index (χ3v) is 4.13. The van der Waals surface area contributed by atoms with E-state index in [4.69, 9.17) is 5.73 Å². The molecule has 2 nitrogen and oxygen atoms in total. The maximum atomic E-state index is 6.23. The lowest BCUT2D eigenvalue weighted by atomic mass is 10.0. The van der Waals surface area contributed by atoms with Gasteiger partial charge in [-0.3, -0.25) is 0 Å². The van der Waals surface area contributed by atoms with Crippen molar-refractivity contribution in [2.75, 3.05) is 0 Å². The maximum Gasteiger partial charge on any atom is 0.0344 e. The summed E-state index contributed by atoms with van der Waals surface area (Å²) in [4.78, 5) is 0. The average Bonchev–Trinajstić information content (AvgIpc) is 2.77. The Kier molecular flexibility index (Phi) is 3.86. The number of hydrogen-bond acceptors (Lipinski definition) is 2. The Morgan fingerprint density at radius 2 is 1.70 bits per heavy atom. The Morgan fingerprint density at radius 1 is 1.05 bits per heavy atom. The van der Waals surface area contributed by atoms with Crippen LogP contribution >= 0.6 is 0 Å². The van der Waals surface area contributed by atoms with E-state index >= 15 is 0 Å². The molecule has 2 aromatic carbocycles. The Balaban J connectivity index is 1.67. The summed E-state index contributed by atoms with van der Waals surface area (Å²) in [7, 11) is 0. The van der Waals surface area contributed by atoms with Crippen LogP contribution in [0.5, 0.6) is 0 Å². The monoisotopic (exact) mass is 266 g/mol. The zero-order valence-corrected chi connectivity index (χ0v) is 11.9. The third-order valence-electron chi connectivity index (χ3n) is 4.13. The second kappa shape index (κ2) is 5.78. The van der Waals surface area contributed by atoms with E-state index in [1.165, 1.54) is 16.7 Å². The van der Waals surface area contributed by atoms with Crippen LogP contribution in [0.25, 0.3) is 0 Å². The van der Waals surface area contributed by atoms with E-state index in [0.717, 1.165) is 12.8 Å². The van der Waals surface area contributed by atoms with Gasteiger partial charge in [0.05, 0.1) is 0 Å². The van der Waals surface area contributed by atoms with Crippen LogP contribution < -0.4 is 11.1 Å². The molecule has 1 aliphatic carbocycles. The Hall–Kier alpha value is -1.64. The van der Waals surface area contributed by atoms with E-state index in [1.807, 2.05) is 0 Å². The summed E-state index contributed by atoms with van der Waals surface area (Å²) < 4.78 is 0. The van der Waals surface area contributed by atoms with Gasteiger partial charge in [0.15, 0.2) is 0 Å². The lowest BCUT2D eigenvalue weighted by Gasteiger charge is -2.20. The molecule has 0 radical (unpaired) electrons. The molecule has 104 valence electrons. The number of fused-ring (bicyclic) bond motifs is 1. The average molecular weight is 266 g/mol. The van der Waals surface area contributed by atoms with E-state index in [1.54, 1.807) is 0 Å². The molecule has 0 aromatic heterocycles. The molecule has 20 heavy (non-hydrogen) atoms. The molecule has 2 heteroatoms. The first-order chi connectivity index (χ1) is 9.74. The van der Waals surface area contributed by atoms with Crippen molar-refractivity contribution in [3.63, 3.8) is 0 Å². The van der Waals surface area contributed by atoms with Crippen LogP contribution in [0.2, 0.25) is 0 Å². The topological polar surface area (TPSA) is 38.0 Å². The van der Waals surface area contributed by atoms with Gasteiger partial charge in [0.1, 0.15) is 0 Å². The van der Waals surface area contributed by atoms with E-state index < -0.39 is 0 Å². The van der Waals surface area contributed by atoms with E-state index in [2.05, 4.69) is 66.8 Å². The van der Waals surface area contributed by atoms with E-state index in [0.29, 0.717) is 12.1 Å². The fourth-order valence-electron chi connectivity index (χ4n) is 3.20. The molecule has 0 fully saturated rings. The van der Waals surface area contributed by atoms with Crippen LogP contribution in [0.3, 0.4) is 0 Å². The van der Waals surface area contributed by atoms with Crippen molar-refractivity contribution < 1.29 is 0 Å². The van der Waals surface area contributed by atoms with Gasteiger partial charge in [0, 0.05) is 18.1 Å². The highest BCUT2D eigenvalue weighted by atomic mass is 15.0. The van der Waals surface area contributed by atoms with Gasteiger partial charge in [-0.25, -0.2) is 0 Å². The van der Waals surface area contributed by atoms with Gasteiger partial charge in [0.25, 0.3) is 0 Å². The molecule has 0 spiro atoms. The predicted molar refractivity (Wildman–Crippen MR) is 83.5 cm³/mol. The number of hydrogen-bond donors (Lipinski definition) is 2. The number of benzene rings is 2. The van der Waals surface area contributed by atoms with E-state index in [9.17, 15) is 0 Å². The van der Waals surface area contributed by atoms with Crippen LogP contribution in [-0.2, 0) is 6.42 Å². The van der Waals surface area contributed by atoms with Crippen LogP contribution in [0.1, 0.15) is 42.1 Å². The fraction of sp³-hybridized carbons (Fsp3) is 0.333. The minimum absolute atomic E-state index is 0.174. The fourth-order valence-corrected chi connectivity index (χ4v) is 3.20. The minimum Gasteiger partial charge on any atom is -0.324 e. The zero-order chi connectivity index (χ0) is 13.9. The first kappa shape index (κ1) is 13.3. The summed E-state index contributed by atoms with van der Waals surface area (Å²) in [6, 6.07) is 20.2. The summed E-state index contributed by atoms with van der Waals surface area (Å²) >= 11 is 0. The highest BCUT2D eigenvalue weighted by molar-refractivity contribution is 5.37. The van der Waals surface area contributed by atoms with Crippen LogP contribution in [0.15, 0.2) is 54.6 Å². The van der Waals surface area contributed by atoms with Gasteiger partial charge in [-0.1, -0.05) is 54.6 Å². The maximum absolute atomic E-state index is 6.23. The van der Waals surface area contributed by atoms with Crippen LogP contribution in [-0.4, -0.2) is 6.04 Å². The third kappa shape index (κ3) is 2.77. The molecule has 3 N–H and O–H groups in total. The second-order valence-corrected chi connectivity index (χ2v) is 5.78. The molecule has 0 saturated carbocycles. The largest absolute Gasteiger partial charge is 0.324 e. The number of rotatable bonds is 4. The summed E-state index contributed by atoms with van der Waals surface area (Å²) in [5, 5.41) is 3.73. The molecule has 0 amide bonds. The molecular formula is C18H22N2. The normalized spacial score (nSPS) is 22.5. The molecule has 1 aliphatic rings. The molecule has 2 aromatic rings. The van der Waals surface area contributed by atoms with Crippen molar-refractivity contribution >= 4 is 0 Å². The number of nitrogens with two attached hydrogens (primary N) is 1. The molecular weight excluding hydrogens is 244 g/mol. The molecule has 0 aliphatic heterocycles. The number of nitrogens with one attached hydrogen (secondary N) is 1. The lowest BCUT2D eigenvalue weighted by molar-refractivity contribution is 0.434. The lowest BCUT2D eigenvalue weighted by Crippen LogP contribution is -2.31. The van der Waals surface area contributed by atoms with Crippen molar-refractivity contribution in [2.24, 2.45) is 5.73 Å². The van der Waals surface area contributed by atoms with Crippen molar-refractivity contribution in [1.29, 1.82) is 0 Å². The van der Waals surface area contributed by atoms with Gasteiger partial charge < -0.3 is 11.1 Å². The molecule has 0 saturated heterocycles. The summed E-state index contributed by atoms with van der Waals surface area (Å²) in [5.41, 5.74) is 10.3. The highest BCUT2D eigenvalue weighted by Crippen LogP contribution is 2.37.